The average Bonchev–Trinajstić information content (AvgIpc) is 2.97. The smallest absolute Gasteiger partial charge is 0.371 e. The van der Waals surface area contributed by atoms with Crippen molar-refractivity contribution in [3.63, 3.8) is 0 Å². The monoisotopic (exact) mass is 286 g/mol. The fraction of sp³-hybridized carbons (Fsp3) is 0.0714. The molecule has 0 aliphatic carbocycles. The Morgan fingerprint density at radius 1 is 1.29 bits per heavy atom. The molecule has 2 rings (SSSR count). The summed E-state index contributed by atoms with van der Waals surface area (Å²) in [5, 5.41) is 20.3. The molecule has 21 heavy (non-hydrogen) atoms. The second kappa shape index (κ2) is 5.79. The van der Waals surface area contributed by atoms with Gasteiger partial charge in [-0.15, -0.1) is 0 Å². The topological polar surface area (TPSA) is 113 Å². The summed E-state index contributed by atoms with van der Waals surface area (Å²) in [5.41, 5.74) is 0.411. The number of methoxy groups -OCH3 is 1. The van der Waals surface area contributed by atoms with Gasteiger partial charge in [-0.05, 0) is 24.3 Å². The molecule has 0 saturated carbocycles. The van der Waals surface area contributed by atoms with Crippen LogP contribution < -0.4 is 10.1 Å². The van der Waals surface area contributed by atoms with Gasteiger partial charge in [0.15, 0.2) is 5.76 Å². The predicted molar refractivity (Wildman–Crippen MR) is 71.3 cm³/mol. The van der Waals surface area contributed by atoms with Crippen LogP contribution in [0, 0.1) is 11.3 Å². The minimum absolute atomic E-state index is 0.179. The molecule has 2 N–H and O–H groups in total. The third-order valence-electron chi connectivity index (χ3n) is 2.65. The van der Waals surface area contributed by atoms with Crippen LogP contribution in [0.4, 0.5) is 5.69 Å². The van der Waals surface area contributed by atoms with E-state index in [9.17, 15) is 9.59 Å². The van der Waals surface area contributed by atoms with Crippen molar-refractivity contribution in [2.75, 3.05) is 12.4 Å². The Morgan fingerprint density at radius 2 is 2.00 bits per heavy atom. The molecule has 0 fully saturated rings. The van der Waals surface area contributed by atoms with Gasteiger partial charge < -0.3 is 19.6 Å². The second-order valence-electron chi connectivity index (χ2n) is 3.92. The summed E-state index contributed by atoms with van der Waals surface area (Å²) in [6.07, 6.45) is 0. The molecule has 0 aliphatic rings. The molecule has 1 amide bonds. The van der Waals surface area contributed by atoms with E-state index in [0.717, 1.165) is 0 Å². The maximum absolute atomic E-state index is 12.0. The highest BCUT2D eigenvalue weighted by atomic mass is 16.5. The van der Waals surface area contributed by atoms with E-state index < -0.39 is 11.9 Å². The van der Waals surface area contributed by atoms with E-state index in [2.05, 4.69) is 5.32 Å². The Kier molecular flexibility index (Phi) is 3.90. The molecule has 0 saturated heterocycles. The Labute approximate surface area is 119 Å². The number of benzene rings is 1. The third-order valence-corrected chi connectivity index (χ3v) is 2.65. The predicted octanol–water partition coefficient (Wildman–Crippen LogP) is 2.11. The maximum Gasteiger partial charge on any atom is 0.371 e. The molecule has 1 heterocycles. The lowest BCUT2D eigenvalue weighted by molar-refractivity contribution is 0.0660. The fourth-order valence-corrected chi connectivity index (χ4v) is 1.67. The van der Waals surface area contributed by atoms with Gasteiger partial charge in [0, 0.05) is 0 Å². The first kappa shape index (κ1) is 14.1. The Morgan fingerprint density at radius 3 is 2.57 bits per heavy atom. The van der Waals surface area contributed by atoms with Gasteiger partial charge in [-0.1, -0.05) is 6.07 Å². The van der Waals surface area contributed by atoms with Gasteiger partial charge in [0.1, 0.15) is 17.5 Å². The number of anilines is 1. The molecule has 0 spiro atoms. The lowest BCUT2D eigenvalue weighted by Crippen LogP contribution is -2.13. The standard InChI is InChI=1S/C14H10N2O5/c1-20-9-4-2-3-8(7-15)12(9)16-13(17)10-5-6-11(21-10)14(18)19/h2-6H,1H3,(H,16,17)(H,18,19). The van der Waals surface area contributed by atoms with Crippen LogP contribution in [0.15, 0.2) is 34.7 Å². The third kappa shape index (κ3) is 2.84. The van der Waals surface area contributed by atoms with Gasteiger partial charge in [0.05, 0.1) is 12.7 Å². The average molecular weight is 286 g/mol. The lowest BCUT2D eigenvalue weighted by atomic mass is 10.1. The zero-order chi connectivity index (χ0) is 15.4. The van der Waals surface area contributed by atoms with Crippen LogP contribution in [0.5, 0.6) is 5.75 Å². The van der Waals surface area contributed by atoms with Gasteiger partial charge in [-0.25, -0.2) is 4.79 Å². The number of nitriles is 1. The number of carboxylic acids is 1. The number of carbonyl (C=O) groups excluding carboxylic acids is 1. The largest absolute Gasteiger partial charge is 0.495 e. The molecule has 2 aromatic rings. The van der Waals surface area contributed by atoms with Gasteiger partial charge in [-0.3, -0.25) is 4.79 Å². The van der Waals surface area contributed by atoms with Crippen LogP contribution in [0.25, 0.3) is 0 Å². The summed E-state index contributed by atoms with van der Waals surface area (Å²) in [7, 11) is 1.40. The number of nitrogens with one attached hydrogen (secondary N) is 1. The van der Waals surface area contributed by atoms with E-state index in [1.807, 2.05) is 6.07 Å². The van der Waals surface area contributed by atoms with E-state index in [-0.39, 0.29) is 22.8 Å². The summed E-state index contributed by atoms with van der Waals surface area (Å²) in [6.45, 7) is 0. The summed E-state index contributed by atoms with van der Waals surface area (Å²) in [5.74, 6) is -2.16. The Bertz CT molecular complexity index is 742. The first-order valence-electron chi connectivity index (χ1n) is 5.78. The number of carboxylic acid groups (broad SMARTS) is 1. The number of hydrogen-bond donors (Lipinski definition) is 2. The van der Waals surface area contributed by atoms with E-state index in [4.69, 9.17) is 19.5 Å². The van der Waals surface area contributed by atoms with E-state index >= 15 is 0 Å². The lowest BCUT2D eigenvalue weighted by Gasteiger charge is -2.10. The maximum atomic E-state index is 12.0. The molecule has 7 nitrogen and oxygen atoms in total. The summed E-state index contributed by atoms with van der Waals surface area (Å²) in [6, 6.07) is 9.05. The number of nitrogens with zero attached hydrogens (tertiary/aromatic N) is 1. The van der Waals surface area contributed by atoms with Gasteiger partial charge in [0.25, 0.3) is 5.91 Å². The molecule has 7 heteroatoms. The van der Waals surface area contributed by atoms with Crippen LogP contribution in [-0.2, 0) is 0 Å². The van der Waals surface area contributed by atoms with Crippen molar-refractivity contribution in [1.82, 2.24) is 0 Å². The van der Waals surface area contributed by atoms with Gasteiger partial charge in [-0.2, -0.15) is 5.26 Å². The van der Waals surface area contributed by atoms with E-state index in [0.29, 0.717) is 5.75 Å². The first-order valence-corrected chi connectivity index (χ1v) is 5.78. The van der Waals surface area contributed by atoms with Crippen molar-refractivity contribution in [3.05, 3.63) is 47.4 Å². The molecular formula is C14H10N2O5. The SMILES string of the molecule is COc1cccc(C#N)c1NC(=O)c1ccc(C(=O)O)o1. The number of rotatable bonds is 4. The molecule has 0 radical (unpaired) electrons. The van der Waals surface area contributed by atoms with Gasteiger partial charge >= 0.3 is 5.97 Å². The number of furan rings is 1. The molecule has 1 aromatic carbocycles. The molecule has 0 atom stereocenters. The first-order chi connectivity index (χ1) is 10.1. The van der Waals surface area contributed by atoms with Crippen molar-refractivity contribution < 1.29 is 23.8 Å². The normalized spacial score (nSPS) is 9.71. The van der Waals surface area contributed by atoms with Crippen LogP contribution in [0.1, 0.15) is 26.7 Å². The van der Waals surface area contributed by atoms with Crippen LogP contribution in [0.3, 0.4) is 0 Å². The fourth-order valence-electron chi connectivity index (χ4n) is 1.67. The minimum Gasteiger partial charge on any atom is -0.495 e. The Balaban J connectivity index is 2.31. The van der Waals surface area contributed by atoms with E-state index in [1.165, 1.54) is 25.3 Å². The van der Waals surface area contributed by atoms with Crippen molar-refractivity contribution in [3.8, 4) is 11.8 Å². The number of carbonyl (C=O) groups is 2. The molecule has 0 unspecified atom stereocenters. The number of para-hydroxylation sites is 1. The van der Waals surface area contributed by atoms with Crippen molar-refractivity contribution in [2.45, 2.75) is 0 Å². The second-order valence-corrected chi connectivity index (χ2v) is 3.92. The Hall–Kier alpha value is -3.27. The highest BCUT2D eigenvalue weighted by molar-refractivity contribution is 6.04. The molecule has 0 bridgehead atoms. The van der Waals surface area contributed by atoms with Crippen LogP contribution in [-0.4, -0.2) is 24.1 Å². The van der Waals surface area contributed by atoms with Gasteiger partial charge in [0.2, 0.25) is 5.76 Å². The summed E-state index contributed by atoms with van der Waals surface area (Å²) >= 11 is 0. The van der Waals surface area contributed by atoms with Crippen LogP contribution >= 0.6 is 0 Å². The molecular weight excluding hydrogens is 276 g/mol. The molecule has 0 aliphatic heterocycles. The highest BCUT2D eigenvalue weighted by Gasteiger charge is 2.18. The number of hydrogen-bond acceptors (Lipinski definition) is 5. The zero-order valence-corrected chi connectivity index (χ0v) is 10.9. The van der Waals surface area contributed by atoms with E-state index in [1.54, 1.807) is 12.1 Å². The van der Waals surface area contributed by atoms with Crippen molar-refractivity contribution in [2.24, 2.45) is 0 Å². The zero-order valence-electron chi connectivity index (χ0n) is 10.9. The highest BCUT2D eigenvalue weighted by Crippen LogP contribution is 2.28. The quantitative estimate of drug-likeness (QED) is 0.890. The summed E-state index contributed by atoms with van der Waals surface area (Å²) < 4.78 is 9.97. The molecule has 106 valence electrons. The summed E-state index contributed by atoms with van der Waals surface area (Å²) in [4.78, 5) is 22.7. The van der Waals surface area contributed by atoms with Crippen molar-refractivity contribution >= 4 is 17.6 Å². The minimum atomic E-state index is -1.27. The number of ether oxygens (including phenoxy) is 1. The molecule has 1 aromatic heterocycles. The van der Waals surface area contributed by atoms with Crippen molar-refractivity contribution in [1.29, 1.82) is 5.26 Å². The number of amides is 1. The number of aromatic carboxylic acids is 1. The van der Waals surface area contributed by atoms with Crippen LogP contribution in [0.2, 0.25) is 0 Å².